The Kier molecular flexibility index (Phi) is 7.26. The summed E-state index contributed by atoms with van der Waals surface area (Å²) in [6.45, 7) is 8.33. The third kappa shape index (κ3) is 5.34. The Hall–Kier alpha value is -2.08. The van der Waals surface area contributed by atoms with Crippen LogP contribution < -0.4 is 10.6 Å². The molecule has 2 aliphatic rings. The zero-order valence-corrected chi connectivity index (χ0v) is 18.7. The second kappa shape index (κ2) is 10.3. The van der Waals surface area contributed by atoms with Crippen LogP contribution in [0.25, 0.3) is 5.65 Å². The highest BCUT2D eigenvalue weighted by molar-refractivity contribution is 5.80. The molecule has 0 atom stereocenters. The fourth-order valence-electron chi connectivity index (χ4n) is 4.98. The zero-order valence-electron chi connectivity index (χ0n) is 18.7. The lowest BCUT2D eigenvalue weighted by atomic mass is 9.92. The summed E-state index contributed by atoms with van der Waals surface area (Å²) in [5.74, 6) is 0.952. The Morgan fingerprint density at radius 2 is 1.97 bits per heavy atom. The van der Waals surface area contributed by atoms with Gasteiger partial charge < -0.3 is 19.9 Å². The van der Waals surface area contributed by atoms with E-state index in [1.54, 1.807) is 0 Å². The summed E-state index contributed by atoms with van der Waals surface area (Å²) < 4.78 is 2.11. The lowest BCUT2D eigenvalue weighted by molar-refractivity contribution is 0.119. The first-order valence-corrected chi connectivity index (χ1v) is 11.9. The van der Waals surface area contributed by atoms with Gasteiger partial charge in [-0.3, -0.25) is 4.99 Å². The summed E-state index contributed by atoms with van der Waals surface area (Å²) in [6, 6.07) is 5.55. The van der Waals surface area contributed by atoms with Crippen LogP contribution in [0.3, 0.4) is 0 Å². The number of fused-ring (bicyclic) bond motifs is 1. The zero-order chi connectivity index (χ0) is 20.8. The van der Waals surface area contributed by atoms with Crippen molar-refractivity contribution < 1.29 is 0 Å². The van der Waals surface area contributed by atoms with E-state index in [2.05, 4.69) is 58.3 Å². The van der Waals surface area contributed by atoms with Gasteiger partial charge >= 0.3 is 0 Å². The van der Waals surface area contributed by atoms with Crippen LogP contribution >= 0.6 is 0 Å². The fraction of sp³-hybridized carbons (Fsp3) is 0.667. The van der Waals surface area contributed by atoms with Crippen molar-refractivity contribution in [3.63, 3.8) is 0 Å². The maximum atomic E-state index is 4.84. The number of aromatic nitrogens is 2. The molecule has 0 radical (unpaired) electrons. The first kappa shape index (κ1) is 21.2. The van der Waals surface area contributed by atoms with E-state index in [1.807, 2.05) is 0 Å². The first-order chi connectivity index (χ1) is 14.7. The van der Waals surface area contributed by atoms with Crippen LogP contribution in [0, 0.1) is 6.92 Å². The Bertz CT molecular complexity index is 827. The van der Waals surface area contributed by atoms with Crippen molar-refractivity contribution in [1.29, 1.82) is 0 Å². The van der Waals surface area contributed by atoms with Gasteiger partial charge in [-0.25, -0.2) is 4.98 Å². The molecular formula is C24H38N6. The van der Waals surface area contributed by atoms with Crippen molar-refractivity contribution in [2.75, 3.05) is 26.2 Å². The van der Waals surface area contributed by atoms with E-state index in [1.165, 1.54) is 63.6 Å². The highest BCUT2D eigenvalue weighted by Gasteiger charge is 2.26. The van der Waals surface area contributed by atoms with Crippen LogP contribution in [0.5, 0.6) is 0 Å². The number of imidazole rings is 1. The van der Waals surface area contributed by atoms with Gasteiger partial charge in [-0.1, -0.05) is 25.3 Å². The molecule has 30 heavy (non-hydrogen) atoms. The average molecular weight is 411 g/mol. The number of guanidine groups is 1. The molecule has 3 heterocycles. The molecule has 2 aromatic rings. The summed E-state index contributed by atoms with van der Waals surface area (Å²) in [5, 5.41) is 7.12. The molecule has 0 spiro atoms. The number of nitrogens with one attached hydrogen (secondary N) is 2. The van der Waals surface area contributed by atoms with Crippen LogP contribution in [-0.4, -0.2) is 58.5 Å². The fourth-order valence-corrected chi connectivity index (χ4v) is 4.98. The average Bonchev–Trinajstić information content (AvgIpc) is 3.19. The van der Waals surface area contributed by atoms with Gasteiger partial charge in [0, 0.05) is 57.1 Å². The first-order valence-electron chi connectivity index (χ1n) is 11.9. The Morgan fingerprint density at radius 3 is 2.70 bits per heavy atom. The summed E-state index contributed by atoms with van der Waals surface area (Å²) in [4.78, 5) is 12.3. The van der Waals surface area contributed by atoms with Gasteiger partial charge in [0.1, 0.15) is 5.65 Å². The van der Waals surface area contributed by atoms with Gasteiger partial charge in [-0.15, -0.1) is 0 Å². The van der Waals surface area contributed by atoms with Crippen molar-refractivity contribution in [3.8, 4) is 0 Å². The highest BCUT2D eigenvalue weighted by atomic mass is 15.2. The molecule has 0 aromatic carbocycles. The molecule has 1 aliphatic carbocycles. The van der Waals surface area contributed by atoms with Gasteiger partial charge in [0.2, 0.25) is 0 Å². The highest BCUT2D eigenvalue weighted by Crippen LogP contribution is 2.25. The normalized spacial score (nSPS) is 20.0. The van der Waals surface area contributed by atoms with Crippen molar-refractivity contribution >= 4 is 11.6 Å². The molecule has 2 N–H and O–H groups in total. The van der Waals surface area contributed by atoms with Gasteiger partial charge in [-0.05, 0) is 51.2 Å². The summed E-state index contributed by atoms with van der Waals surface area (Å²) >= 11 is 0. The van der Waals surface area contributed by atoms with E-state index < -0.39 is 0 Å². The summed E-state index contributed by atoms with van der Waals surface area (Å²) in [5.41, 5.74) is 3.36. The Labute approximate surface area is 181 Å². The van der Waals surface area contributed by atoms with Crippen LogP contribution in [-0.2, 0) is 6.42 Å². The molecule has 6 nitrogen and oxygen atoms in total. The lowest BCUT2D eigenvalue weighted by Crippen LogP contribution is -2.51. The molecule has 2 aromatic heterocycles. The molecule has 6 heteroatoms. The Balaban J connectivity index is 1.27. The molecule has 0 unspecified atom stereocenters. The van der Waals surface area contributed by atoms with Gasteiger partial charge in [0.05, 0.1) is 5.69 Å². The molecule has 0 amide bonds. The van der Waals surface area contributed by atoms with E-state index in [0.717, 1.165) is 42.9 Å². The number of pyridine rings is 1. The molecule has 4 rings (SSSR count). The second-order valence-corrected chi connectivity index (χ2v) is 8.91. The monoisotopic (exact) mass is 410 g/mol. The van der Waals surface area contributed by atoms with Crippen LogP contribution in [0.2, 0.25) is 0 Å². The van der Waals surface area contributed by atoms with Gasteiger partial charge in [-0.2, -0.15) is 0 Å². The van der Waals surface area contributed by atoms with Gasteiger partial charge in [0.15, 0.2) is 5.96 Å². The van der Waals surface area contributed by atoms with Gasteiger partial charge in [0.25, 0.3) is 0 Å². The molecular weight excluding hydrogens is 372 g/mol. The minimum Gasteiger partial charge on any atom is -0.357 e. The summed E-state index contributed by atoms with van der Waals surface area (Å²) in [6.07, 6.45) is 14.6. The molecule has 1 saturated heterocycles. The van der Waals surface area contributed by atoms with Crippen LogP contribution in [0.4, 0.5) is 0 Å². The number of hydrogen-bond acceptors (Lipinski definition) is 3. The molecule has 164 valence electrons. The predicted molar refractivity (Wildman–Crippen MR) is 124 cm³/mol. The number of piperidine rings is 1. The van der Waals surface area contributed by atoms with Crippen molar-refractivity contribution in [2.45, 2.75) is 77.3 Å². The van der Waals surface area contributed by atoms with Crippen molar-refractivity contribution in [1.82, 2.24) is 24.9 Å². The largest absolute Gasteiger partial charge is 0.357 e. The lowest BCUT2D eigenvalue weighted by Gasteiger charge is -2.39. The number of aryl methyl sites for hydroxylation is 1. The smallest absolute Gasteiger partial charge is 0.191 e. The molecule has 2 fully saturated rings. The molecule has 1 saturated carbocycles. The van der Waals surface area contributed by atoms with E-state index >= 15 is 0 Å². The quantitative estimate of drug-likeness (QED) is 0.565. The topological polar surface area (TPSA) is 57.0 Å². The third-order valence-corrected chi connectivity index (χ3v) is 6.67. The van der Waals surface area contributed by atoms with Crippen LogP contribution in [0.1, 0.15) is 63.1 Å². The second-order valence-electron chi connectivity index (χ2n) is 8.91. The minimum absolute atomic E-state index is 0.528. The number of likely N-dealkylation sites (tertiary alicyclic amines) is 1. The SMILES string of the molecule is CCNC(=NCCc1cn2cccc(C)c2n1)NC1CCN(C2CCCCC2)CC1. The van der Waals surface area contributed by atoms with E-state index in [-0.39, 0.29) is 0 Å². The van der Waals surface area contributed by atoms with Crippen molar-refractivity contribution in [3.05, 3.63) is 35.8 Å². The number of nitrogens with zero attached hydrogens (tertiary/aromatic N) is 4. The van der Waals surface area contributed by atoms with E-state index in [0.29, 0.717) is 6.04 Å². The number of hydrogen-bond donors (Lipinski definition) is 2. The maximum Gasteiger partial charge on any atom is 0.191 e. The van der Waals surface area contributed by atoms with Crippen LogP contribution in [0.15, 0.2) is 29.5 Å². The van der Waals surface area contributed by atoms with Crippen molar-refractivity contribution in [2.24, 2.45) is 4.99 Å². The van der Waals surface area contributed by atoms with E-state index in [4.69, 9.17) is 9.98 Å². The Morgan fingerprint density at radius 1 is 1.17 bits per heavy atom. The number of aliphatic imine (C=N–C) groups is 1. The minimum atomic E-state index is 0.528. The van der Waals surface area contributed by atoms with E-state index in [9.17, 15) is 0 Å². The summed E-state index contributed by atoms with van der Waals surface area (Å²) in [7, 11) is 0. The standard InChI is InChI=1S/C24H38N6/c1-3-25-24(26-14-11-21-18-30-15-7-8-19(2)23(30)27-21)28-20-12-16-29(17-13-20)22-9-5-4-6-10-22/h7-8,15,18,20,22H,3-6,9-14,16-17H2,1-2H3,(H2,25,26,28). The maximum absolute atomic E-state index is 4.84. The molecule has 1 aliphatic heterocycles. The molecule has 0 bridgehead atoms. The third-order valence-electron chi connectivity index (χ3n) is 6.67. The predicted octanol–water partition coefficient (Wildman–Crippen LogP) is 3.54. The number of rotatable bonds is 6.